The van der Waals surface area contributed by atoms with Crippen LogP contribution in [0.5, 0.6) is 0 Å². The molecule has 0 aliphatic heterocycles. The van der Waals surface area contributed by atoms with E-state index in [4.69, 9.17) is 15.0 Å². The third-order valence-electron chi connectivity index (χ3n) is 20.9. The Morgan fingerprint density at radius 3 is 0.962 bits per heavy atom. The average molecular weight is 1350 g/mol. The molecule has 7 heterocycles. The van der Waals surface area contributed by atoms with Gasteiger partial charge in [0, 0.05) is 77.4 Å². The lowest BCUT2D eigenvalue weighted by atomic mass is 9.98. The Morgan fingerprint density at radius 2 is 0.481 bits per heavy atom. The first-order valence-corrected chi connectivity index (χ1v) is 36.0. The Labute approximate surface area is 612 Å². The zero-order chi connectivity index (χ0) is 70.0. The van der Waals surface area contributed by atoms with Crippen LogP contribution < -0.4 is 0 Å². The van der Waals surface area contributed by atoms with Crippen molar-refractivity contribution in [2.24, 2.45) is 0 Å². The number of nitrogens with zero attached hydrogens (tertiary/aromatic N) is 7. The highest BCUT2D eigenvalue weighted by atomic mass is 15.1. The average Bonchev–Trinajstić information content (AvgIpc) is 1.60. The molecule has 0 saturated heterocycles. The second-order valence-electron chi connectivity index (χ2n) is 27.1. The van der Waals surface area contributed by atoms with E-state index in [0.29, 0.717) is 0 Å². The fraction of sp³-hybridized carbons (Fsp3) is 0. The predicted molar refractivity (Wildman–Crippen MR) is 442 cm³/mol. The summed E-state index contributed by atoms with van der Waals surface area (Å²) in [6, 6.07) is 138. The number of para-hydroxylation sites is 6. The molecule has 0 unspecified atom stereocenters. The summed E-state index contributed by atoms with van der Waals surface area (Å²) in [5.41, 5.74) is 27.1. The van der Waals surface area contributed by atoms with E-state index in [0.717, 1.165) is 78.8 Å². The zero-order valence-corrected chi connectivity index (χ0v) is 57.7. The van der Waals surface area contributed by atoms with Gasteiger partial charge in [0.15, 0.2) is 0 Å². The molecule has 7 nitrogen and oxygen atoms in total. The van der Waals surface area contributed by atoms with E-state index >= 15 is 0 Å². The van der Waals surface area contributed by atoms with E-state index in [1.807, 2.05) is 24.4 Å². The highest BCUT2D eigenvalue weighted by molar-refractivity contribution is 6.14. The van der Waals surface area contributed by atoms with Gasteiger partial charge in [0.25, 0.3) is 0 Å². The van der Waals surface area contributed by atoms with Gasteiger partial charge in [-0.2, -0.15) is 0 Å². The third-order valence-corrected chi connectivity index (χ3v) is 20.9. The summed E-state index contributed by atoms with van der Waals surface area (Å²) in [6.07, 6.45) is 1.92. The van der Waals surface area contributed by atoms with Crippen molar-refractivity contribution in [3.05, 3.63) is 394 Å². The van der Waals surface area contributed by atoms with Crippen LogP contribution in [0.25, 0.3) is 189 Å². The molecule has 0 bridgehead atoms. The van der Waals surface area contributed by atoms with Crippen molar-refractivity contribution in [1.29, 1.82) is 0 Å². The second kappa shape index (κ2) is 26.0. The molecule has 496 valence electrons. The predicted octanol–water partition coefficient (Wildman–Crippen LogP) is 25.6. The van der Waals surface area contributed by atoms with E-state index in [-0.39, 0.29) is 0 Å². The SMILES string of the molecule is c1ccc(-c2ccc(-c3cccc(-c4cccc(-n5c6ccccc6c6cc(-c7ccc8c9ccccc9n(-c9ccccc9)c8c7)ccc65)n4)c3)cc2)cc1.c1ccc(-c2ccc(-c3cccc(-n4c5ccccc5c5cc(-c6ccc7c8ccccc8n(-c8ccccc8)c7c6)ccc54)n3)cn2)cc1. The summed E-state index contributed by atoms with van der Waals surface area (Å²) in [7, 11) is 0. The summed E-state index contributed by atoms with van der Waals surface area (Å²) in [6.45, 7) is 0. The molecule has 0 spiro atoms. The van der Waals surface area contributed by atoms with Crippen LogP contribution in [0.15, 0.2) is 394 Å². The number of rotatable bonds is 11. The Bertz CT molecular complexity index is 6910. The van der Waals surface area contributed by atoms with Crippen LogP contribution in [0.4, 0.5) is 0 Å². The van der Waals surface area contributed by atoms with Crippen molar-refractivity contribution in [3.8, 4) is 101 Å². The van der Waals surface area contributed by atoms with Crippen molar-refractivity contribution >= 4 is 87.2 Å². The molecule has 21 aromatic rings. The Morgan fingerprint density at radius 1 is 0.160 bits per heavy atom. The normalized spacial score (nSPS) is 11.6. The molecule has 0 amide bonds. The minimum absolute atomic E-state index is 0.877. The lowest BCUT2D eigenvalue weighted by molar-refractivity contribution is 1.08. The number of aromatic nitrogens is 7. The van der Waals surface area contributed by atoms with Crippen LogP contribution in [0, 0.1) is 0 Å². The van der Waals surface area contributed by atoms with E-state index in [9.17, 15) is 0 Å². The molecule has 7 heteroatoms. The molecule has 0 atom stereocenters. The maximum absolute atomic E-state index is 5.31. The molecule has 0 N–H and O–H groups in total. The molecule has 106 heavy (non-hydrogen) atoms. The minimum Gasteiger partial charge on any atom is -0.309 e. The van der Waals surface area contributed by atoms with Gasteiger partial charge in [-0.1, -0.05) is 261 Å². The van der Waals surface area contributed by atoms with E-state index in [2.05, 4.69) is 388 Å². The highest BCUT2D eigenvalue weighted by Crippen LogP contribution is 2.42. The number of fused-ring (bicyclic) bond motifs is 12. The highest BCUT2D eigenvalue weighted by Gasteiger charge is 2.21. The molecule has 7 aromatic heterocycles. The van der Waals surface area contributed by atoms with Gasteiger partial charge in [-0.3, -0.25) is 14.1 Å². The van der Waals surface area contributed by atoms with Crippen LogP contribution in [-0.2, 0) is 0 Å². The van der Waals surface area contributed by atoms with Gasteiger partial charge >= 0.3 is 0 Å². The van der Waals surface area contributed by atoms with Gasteiger partial charge in [-0.15, -0.1) is 0 Å². The van der Waals surface area contributed by atoms with Crippen LogP contribution >= 0.6 is 0 Å². The van der Waals surface area contributed by atoms with Gasteiger partial charge in [0.2, 0.25) is 0 Å². The van der Waals surface area contributed by atoms with E-state index in [1.165, 1.54) is 110 Å². The molecule has 0 saturated carbocycles. The summed E-state index contributed by atoms with van der Waals surface area (Å²) >= 11 is 0. The first kappa shape index (κ1) is 61.6. The number of hydrogen-bond donors (Lipinski definition) is 0. The fourth-order valence-corrected chi connectivity index (χ4v) is 15.9. The van der Waals surface area contributed by atoms with E-state index < -0.39 is 0 Å². The largest absolute Gasteiger partial charge is 0.309 e. The molecule has 14 aromatic carbocycles. The maximum Gasteiger partial charge on any atom is 0.138 e. The van der Waals surface area contributed by atoms with Crippen LogP contribution in [0.2, 0.25) is 0 Å². The van der Waals surface area contributed by atoms with Crippen LogP contribution in [0.1, 0.15) is 0 Å². The molecular formula is C99H65N7. The minimum atomic E-state index is 0.877. The van der Waals surface area contributed by atoms with Crippen molar-refractivity contribution in [3.63, 3.8) is 0 Å². The van der Waals surface area contributed by atoms with Crippen molar-refractivity contribution in [1.82, 2.24) is 33.2 Å². The maximum atomic E-state index is 5.31. The molecule has 21 rings (SSSR count). The van der Waals surface area contributed by atoms with Crippen molar-refractivity contribution in [2.45, 2.75) is 0 Å². The first-order valence-electron chi connectivity index (χ1n) is 36.0. The summed E-state index contributed by atoms with van der Waals surface area (Å²) < 4.78 is 9.34. The number of hydrogen-bond acceptors (Lipinski definition) is 3. The summed E-state index contributed by atoms with van der Waals surface area (Å²) in [5.74, 6) is 1.77. The number of benzene rings is 14. The Balaban J connectivity index is 0.000000141. The number of pyridine rings is 3. The first-order chi connectivity index (χ1) is 52.6. The lowest BCUT2D eigenvalue weighted by Crippen LogP contribution is -1.98. The van der Waals surface area contributed by atoms with Gasteiger partial charge in [0.1, 0.15) is 11.6 Å². The second-order valence-corrected chi connectivity index (χ2v) is 27.1. The topological polar surface area (TPSA) is 58.4 Å². The van der Waals surface area contributed by atoms with E-state index in [1.54, 1.807) is 0 Å². The quantitative estimate of drug-likeness (QED) is 0.130. The van der Waals surface area contributed by atoms with Gasteiger partial charge in [-0.25, -0.2) is 9.97 Å². The van der Waals surface area contributed by atoms with Crippen LogP contribution in [-0.4, -0.2) is 33.2 Å². The summed E-state index contributed by atoms with van der Waals surface area (Å²) in [4.78, 5) is 15.3. The Kier molecular flexibility index (Phi) is 15.1. The fourth-order valence-electron chi connectivity index (χ4n) is 15.9. The molecular weight excluding hydrogens is 1290 g/mol. The van der Waals surface area contributed by atoms with Gasteiger partial charge in [-0.05, 0) is 172 Å². The molecule has 0 radical (unpaired) electrons. The molecule has 0 fully saturated rings. The smallest absolute Gasteiger partial charge is 0.138 e. The summed E-state index contributed by atoms with van der Waals surface area (Å²) in [5, 5.41) is 9.83. The molecule has 0 aliphatic rings. The Hall–Kier alpha value is -14.3. The van der Waals surface area contributed by atoms with Gasteiger partial charge in [0.05, 0.1) is 61.2 Å². The van der Waals surface area contributed by atoms with Crippen molar-refractivity contribution in [2.75, 3.05) is 0 Å². The zero-order valence-electron chi connectivity index (χ0n) is 57.7. The van der Waals surface area contributed by atoms with Crippen molar-refractivity contribution < 1.29 is 0 Å². The van der Waals surface area contributed by atoms with Gasteiger partial charge < -0.3 is 9.13 Å². The molecule has 0 aliphatic carbocycles. The standard InChI is InChI=1S/C53H35N3.C46H30N4/c1-3-13-36(14-4-1)37-25-27-38(28-26-37)39-15-11-16-42(33-39)48-21-12-24-53(54-48)56-50-23-10-8-20-45(50)47-34-40(30-32-51(47)56)41-29-31-46-44-19-7-9-22-49(44)55(52(46)35-41)43-17-5-2-6-18-43;1-3-12-31(13-4-1)40-26-23-34(30-47-40)41-18-11-21-46(48-41)50-43-20-10-8-17-37(43)39-28-32(24-27-44(39)50)33-22-25-38-36-16-7-9-19-42(36)49(45(38)29-33)35-14-5-2-6-15-35/h1-35H;1-30H. The lowest BCUT2D eigenvalue weighted by Gasteiger charge is -2.11. The van der Waals surface area contributed by atoms with Crippen LogP contribution in [0.3, 0.4) is 0 Å². The monoisotopic (exact) mass is 1350 g/mol. The third kappa shape index (κ3) is 10.8.